The number of benzene rings is 2. The summed E-state index contributed by atoms with van der Waals surface area (Å²) in [7, 11) is 0. The maximum Gasteiger partial charge on any atom is 0.293 e. The van der Waals surface area contributed by atoms with Gasteiger partial charge in [-0.3, -0.25) is 10.1 Å². The van der Waals surface area contributed by atoms with Crippen LogP contribution < -0.4 is 5.32 Å². The summed E-state index contributed by atoms with van der Waals surface area (Å²) in [4.78, 5) is 10.6. The third-order valence-corrected chi connectivity index (χ3v) is 3.88. The minimum absolute atomic E-state index is 0.104. The third-order valence-electron chi connectivity index (χ3n) is 2.96. The van der Waals surface area contributed by atoms with Gasteiger partial charge < -0.3 is 5.32 Å². The van der Waals surface area contributed by atoms with E-state index < -0.39 is 4.92 Å². The lowest BCUT2D eigenvalue weighted by atomic mass is 10.1. The Balaban J connectivity index is 2.31. The second-order valence-corrected chi connectivity index (χ2v) is 5.74. The highest BCUT2D eigenvalue weighted by atomic mass is 79.9. The van der Waals surface area contributed by atoms with Crippen LogP contribution in [-0.4, -0.2) is 4.92 Å². The zero-order valence-corrected chi connectivity index (χ0v) is 13.3. The molecule has 0 amide bonds. The Morgan fingerprint density at radius 2 is 2.05 bits per heavy atom. The maximum absolute atomic E-state index is 13.1. The molecule has 7 heteroatoms. The molecule has 0 radical (unpaired) electrons. The van der Waals surface area contributed by atoms with Crippen molar-refractivity contribution in [2.24, 2.45) is 0 Å². The lowest BCUT2D eigenvalue weighted by molar-refractivity contribution is -0.384. The summed E-state index contributed by atoms with van der Waals surface area (Å²) < 4.78 is 13.7. The maximum atomic E-state index is 13.1. The first-order chi connectivity index (χ1) is 9.88. The Bertz CT molecular complexity index is 697. The lowest BCUT2D eigenvalue weighted by Crippen LogP contribution is -2.09. The van der Waals surface area contributed by atoms with Crippen LogP contribution in [0.1, 0.15) is 18.5 Å². The van der Waals surface area contributed by atoms with Crippen molar-refractivity contribution in [2.75, 3.05) is 5.32 Å². The molecular weight excluding hydrogens is 363 g/mol. The quantitative estimate of drug-likeness (QED) is 0.582. The Labute approximate surface area is 134 Å². The van der Waals surface area contributed by atoms with Crippen molar-refractivity contribution in [3.05, 3.63) is 67.4 Å². The molecule has 4 nitrogen and oxygen atoms in total. The van der Waals surface area contributed by atoms with Crippen LogP contribution >= 0.6 is 27.5 Å². The topological polar surface area (TPSA) is 55.2 Å². The van der Waals surface area contributed by atoms with Gasteiger partial charge in [-0.25, -0.2) is 4.39 Å². The molecule has 0 aliphatic rings. The first-order valence-electron chi connectivity index (χ1n) is 6.04. The number of hydrogen-bond acceptors (Lipinski definition) is 3. The van der Waals surface area contributed by atoms with E-state index in [1.807, 2.05) is 6.92 Å². The zero-order valence-electron chi connectivity index (χ0n) is 10.9. The second-order valence-electron chi connectivity index (χ2n) is 4.45. The van der Waals surface area contributed by atoms with Crippen LogP contribution in [0.3, 0.4) is 0 Å². The van der Waals surface area contributed by atoms with Crippen molar-refractivity contribution in [3.63, 3.8) is 0 Å². The van der Waals surface area contributed by atoms with Crippen molar-refractivity contribution >= 4 is 38.9 Å². The Morgan fingerprint density at radius 1 is 1.33 bits per heavy atom. The molecule has 2 aromatic rings. The van der Waals surface area contributed by atoms with E-state index >= 15 is 0 Å². The van der Waals surface area contributed by atoms with E-state index in [0.717, 1.165) is 5.56 Å². The van der Waals surface area contributed by atoms with Crippen molar-refractivity contribution in [1.82, 2.24) is 0 Å². The van der Waals surface area contributed by atoms with E-state index in [2.05, 4.69) is 21.2 Å². The number of nitrogens with one attached hydrogen (secondary N) is 1. The summed E-state index contributed by atoms with van der Waals surface area (Å²) >= 11 is 9.06. The fourth-order valence-corrected chi connectivity index (χ4v) is 2.80. The standard InChI is InChI=1S/C14H11BrClFN2O2/c1-8(11-4-3-10(17)7-12(11)15)18-13-5-2-9(16)6-14(13)19(20)21/h2-8,18H,1H3. The number of nitrogens with zero attached hydrogens (tertiary/aromatic N) is 1. The van der Waals surface area contributed by atoms with Crippen molar-refractivity contribution in [3.8, 4) is 0 Å². The van der Waals surface area contributed by atoms with Crippen LogP contribution in [0, 0.1) is 15.9 Å². The van der Waals surface area contributed by atoms with E-state index in [1.165, 1.54) is 18.2 Å². The molecule has 2 aromatic carbocycles. The Hall–Kier alpha value is -1.66. The first-order valence-corrected chi connectivity index (χ1v) is 7.21. The third kappa shape index (κ3) is 3.71. The molecule has 0 aliphatic carbocycles. The average Bonchev–Trinajstić information content (AvgIpc) is 2.40. The largest absolute Gasteiger partial charge is 0.373 e. The van der Waals surface area contributed by atoms with Crippen LogP contribution in [0.5, 0.6) is 0 Å². The fraction of sp³-hybridized carbons (Fsp3) is 0.143. The summed E-state index contributed by atoms with van der Waals surface area (Å²) in [6.07, 6.45) is 0. The zero-order chi connectivity index (χ0) is 15.6. The minimum atomic E-state index is -0.499. The van der Waals surface area contributed by atoms with Crippen LogP contribution in [0.4, 0.5) is 15.8 Å². The fourth-order valence-electron chi connectivity index (χ4n) is 1.94. The predicted molar refractivity (Wildman–Crippen MR) is 84.2 cm³/mol. The van der Waals surface area contributed by atoms with E-state index in [1.54, 1.807) is 18.2 Å². The van der Waals surface area contributed by atoms with E-state index in [4.69, 9.17) is 11.6 Å². The Kier molecular flexibility index (Phi) is 4.80. The van der Waals surface area contributed by atoms with Crippen molar-refractivity contribution in [1.29, 1.82) is 0 Å². The highest BCUT2D eigenvalue weighted by Gasteiger charge is 2.18. The number of halogens is 3. The van der Waals surface area contributed by atoms with Crippen LogP contribution in [0.2, 0.25) is 5.02 Å². The van der Waals surface area contributed by atoms with Crippen molar-refractivity contribution < 1.29 is 9.31 Å². The van der Waals surface area contributed by atoms with Gasteiger partial charge in [-0.2, -0.15) is 0 Å². The average molecular weight is 374 g/mol. The molecule has 2 rings (SSSR count). The molecule has 0 fully saturated rings. The smallest absolute Gasteiger partial charge is 0.293 e. The predicted octanol–water partition coefficient (Wildman–Crippen LogP) is 5.32. The number of rotatable bonds is 4. The van der Waals surface area contributed by atoms with Crippen LogP contribution in [0.25, 0.3) is 0 Å². The summed E-state index contributed by atoms with van der Waals surface area (Å²) in [5, 5.41) is 14.4. The first kappa shape index (κ1) is 15.7. The molecule has 0 saturated carbocycles. The summed E-state index contributed by atoms with van der Waals surface area (Å²) in [6.45, 7) is 1.83. The molecule has 1 N–H and O–H groups in total. The minimum Gasteiger partial charge on any atom is -0.373 e. The Morgan fingerprint density at radius 3 is 2.67 bits per heavy atom. The number of anilines is 1. The molecule has 0 spiro atoms. The molecule has 0 saturated heterocycles. The van der Waals surface area contributed by atoms with Gasteiger partial charge in [0.2, 0.25) is 0 Å². The molecule has 0 aromatic heterocycles. The highest BCUT2D eigenvalue weighted by molar-refractivity contribution is 9.10. The van der Waals surface area contributed by atoms with Crippen LogP contribution in [-0.2, 0) is 0 Å². The van der Waals surface area contributed by atoms with E-state index in [-0.39, 0.29) is 17.5 Å². The van der Waals surface area contributed by atoms with E-state index in [0.29, 0.717) is 15.2 Å². The summed E-state index contributed by atoms with van der Waals surface area (Å²) in [6, 6.07) is 8.48. The van der Waals surface area contributed by atoms with Gasteiger partial charge in [-0.05, 0) is 36.8 Å². The molecule has 110 valence electrons. The number of hydrogen-bond donors (Lipinski definition) is 1. The molecule has 0 aliphatic heterocycles. The lowest BCUT2D eigenvalue weighted by Gasteiger charge is -2.17. The van der Waals surface area contributed by atoms with Gasteiger partial charge in [-0.15, -0.1) is 0 Å². The van der Waals surface area contributed by atoms with Gasteiger partial charge in [0.1, 0.15) is 11.5 Å². The summed E-state index contributed by atoms with van der Waals surface area (Å²) in [5.41, 5.74) is 1.04. The van der Waals surface area contributed by atoms with Gasteiger partial charge in [0.15, 0.2) is 0 Å². The van der Waals surface area contributed by atoms with Gasteiger partial charge in [0, 0.05) is 21.6 Å². The van der Waals surface area contributed by atoms with Gasteiger partial charge in [-0.1, -0.05) is 33.6 Å². The summed E-state index contributed by atoms with van der Waals surface area (Å²) in [5.74, 6) is -0.352. The highest BCUT2D eigenvalue weighted by Crippen LogP contribution is 2.32. The molecule has 1 atom stereocenters. The SMILES string of the molecule is CC(Nc1ccc(Cl)cc1[N+](=O)[O-])c1ccc(F)cc1Br. The normalized spacial score (nSPS) is 12.0. The second kappa shape index (κ2) is 6.41. The number of nitro groups is 1. The molecule has 0 bridgehead atoms. The number of nitro benzene ring substituents is 1. The molecule has 1 unspecified atom stereocenters. The van der Waals surface area contributed by atoms with Crippen LogP contribution in [0.15, 0.2) is 40.9 Å². The van der Waals surface area contributed by atoms with E-state index in [9.17, 15) is 14.5 Å². The van der Waals surface area contributed by atoms with Gasteiger partial charge in [0.05, 0.1) is 4.92 Å². The van der Waals surface area contributed by atoms with Gasteiger partial charge >= 0.3 is 0 Å². The monoisotopic (exact) mass is 372 g/mol. The molecule has 0 heterocycles. The molecule has 21 heavy (non-hydrogen) atoms. The van der Waals surface area contributed by atoms with Gasteiger partial charge in [0.25, 0.3) is 5.69 Å². The molecular formula is C14H11BrClFN2O2. The van der Waals surface area contributed by atoms with Crippen molar-refractivity contribution in [2.45, 2.75) is 13.0 Å².